The van der Waals surface area contributed by atoms with E-state index in [9.17, 15) is 4.79 Å². The van der Waals surface area contributed by atoms with Gasteiger partial charge in [0.2, 0.25) is 0 Å². The first-order chi connectivity index (χ1) is 10.1. The Morgan fingerprint density at radius 2 is 2.00 bits per heavy atom. The molecule has 0 aliphatic rings. The minimum atomic E-state index is -0.0441. The lowest BCUT2D eigenvalue weighted by atomic mass is 10.0. The third-order valence-electron chi connectivity index (χ3n) is 3.46. The first kappa shape index (κ1) is 15.5. The van der Waals surface area contributed by atoms with E-state index in [1.54, 1.807) is 7.11 Å². The van der Waals surface area contributed by atoms with Crippen molar-refractivity contribution in [1.29, 1.82) is 0 Å². The molecule has 0 saturated carbocycles. The molecule has 0 aliphatic carbocycles. The summed E-state index contributed by atoms with van der Waals surface area (Å²) in [5.74, 6) is 0. The van der Waals surface area contributed by atoms with Crippen LogP contribution in [0, 0.1) is 13.8 Å². The van der Waals surface area contributed by atoms with Gasteiger partial charge in [-0.25, -0.2) is 0 Å². The molecule has 4 heteroatoms. The molecule has 0 fully saturated rings. The van der Waals surface area contributed by atoms with Crippen LogP contribution < -0.4 is 10.9 Å². The normalized spacial score (nSPS) is 10.8. The highest BCUT2D eigenvalue weighted by Gasteiger charge is 2.05. The number of benzene rings is 1. The summed E-state index contributed by atoms with van der Waals surface area (Å²) in [5.41, 5.74) is 5.00. The van der Waals surface area contributed by atoms with E-state index < -0.39 is 0 Å². The molecule has 2 aromatic rings. The van der Waals surface area contributed by atoms with Crippen LogP contribution in [0.3, 0.4) is 0 Å². The number of nitrogens with one attached hydrogen (secondary N) is 2. The van der Waals surface area contributed by atoms with Gasteiger partial charge >= 0.3 is 0 Å². The number of aryl methyl sites for hydroxylation is 2. The van der Waals surface area contributed by atoms with Crippen LogP contribution >= 0.6 is 0 Å². The van der Waals surface area contributed by atoms with Gasteiger partial charge in [-0.15, -0.1) is 0 Å². The molecule has 0 amide bonds. The van der Waals surface area contributed by atoms with E-state index in [0.29, 0.717) is 13.2 Å². The number of ether oxygens (including phenoxy) is 1. The SMILES string of the molecule is COCCNCc1ccc(-c2ccc(C)cc2C)[nH]c1=O. The maximum atomic E-state index is 12.1. The Hall–Kier alpha value is -1.91. The van der Waals surface area contributed by atoms with Gasteiger partial charge in [0, 0.05) is 37.0 Å². The van der Waals surface area contributed by atoms with Crippen molar-refractivity contribution in [3.05, 3.63) is 57.4 Å². The third-order valence-corrected chi connectivity index (χ3v) is 3.46. The second kappa shape index (κ2) is 7.20. The van der Waals surface area contributed by atoms with Crippen molar-refractivity contribution in [2.75, 3.05) is 20.3 Å². The van der Waals surface area contributed by atoms with Gasteiger partial charge in [0.1, 0.15) is 0 Å². The van der Waals surface area contributed by atoms with Crippen molar-refractivity contribution in [2.24, 2.45) is 0 Å². The molecule has 0 bridgehead atoms. The van der Waals surface area contributed by atoms with E-state index in [4.69, 9.17) is 4.74 Å². The molecule has 0 spiro atoms. The molecule has 1 aromatic carbocycles. The highest BCUT2D eigenvalue weighted by molar-refractivity contribution is 5.63. The standard InChI is InChI=1S/C17H22N2O2/c1-12-4-6-15(13(2)10-12)16-7-5-14(17(20)19-16)11-18-8-9-21-3/h4-7,10,18H,8-9,11H2,1-3H3,(H,19,20). The Morgan fingerprint density at radius 1 is 1.19 bits per heavy atom. The van der Waals surface area contributed by atoms with Crippen LogP contribution in [0.4, 0.5) is 0 Å². The Balaban J connectivity index is 2.17. The molecule has 1 aromatic heterocycles. The molecule has 2 rings (SSSR count). The van der Waals surface area contributed by atoms with Gasteiger partial charge in [-0.1, -0.05) is 29.8 Å². The van der Waals surface area contributed by atoms with Crippen LogP contribution in [-0.4, -0.2) is 25.2 Å². The van der Waals surface area contributed by atoms with Gasteiger partial charge in [0.15, 0.2) is 0 Å². The van der Waals surface area contributed by atoms with Crippen molar-refractivity contribution < 1.29 is 4.74 Å². The molecule has 21 heavy (non-hydrogen) atoms. The predicted octanol–water partition coefficient (Wildman–Crippen LogP) is 2.39. The number of hydrogen-bond donors (Lipinski definition) is 2. The lowest BCUT2D eigenvalue weighted by molar-refractivity contribution is 0.199. The summed E-state index contributed by atoms with van der Waals surface area (Å²) < 4.78 is 4.96. The minimum Gasteiger partial charge on any atom is -0.383 e. The van der Waals surface area contributed by atoms with Gasteiger partial charge in [0.05, 0.1) is 6.61 Å². The minimum absolute atomic E-state index is 0.0441. The number of aromatic amines is 1. The fraction of sp³-hybridized carbons (Fsp3) is 0.353. The largest absolute Gasteiger partial charge is 0.383 e. The molecular formula is C17H22N2O2. The number of rotatable bonds is 6. The lowest BCUT2D eigenvalue weighted by Crippen LogP contribution is -2.23. The predicted molar refractivity (Wildman–Crippen MR) is 85.6 cm³/mol. The Kier molecular flexibility index (Phi) is 5.31. The second-order valence-corrected chi connectivity index (χ2v) is 5.21. The van der Waals surface area contributed by atoms with E-state index in [2.05, 4.69) is 36.3 Å². The number of methoxy groups -OCH3 is 1. The van der Waals surface area contributed by atoms with Crippen LogP contribution in [0.15, 0.2) is 35.1 Å². The number of aromatic nitrogens is 1. The molecule has 0 saturated heterocycles. The maximum absolute atomic E-state index is 12.1. The zero-order chi connectivity index (χ0) is 15.2. The van der Waals surface area contributed by atoms with Crippen molar-refractivity contribution in [2.45, 2.75) is 20.4 Å². The van der Waals surface area contributed by atoms with Crippen molar-refractivity contribution in [1.82, 2.24) is 10.3 Å². The summed E-state index contributed by atoms with van der Waals surface area (Å²) in [7, 11) is 1.66. The Bertz CT molecular complexity index is 662. The van der Waals surface area contributed by atoms with Crippen LogP contribution in [0.5, 0.6) is 0 Å². The molecule has 0 atom stereocenters. The van der Waals surface area contributed by atoms with Gasteiger partial charge in [-0.2, -0.15) is 0 Å². The molecule has 1 heterocycles. The van der Waals surface area contributed by atoms with E-state index in [1.807, 2.05) is 18.2 Å². The Morgan fingerprint density at radius 3 is 2.67 bits per heavy atom. The smallest absolute Gasteiger partial charge is 0.252 e. The molecule has 0 aliphatic heterocycles. The van der Waals surface area contributed by atoms with E-state index in [-0.39, 0.29) is 5.56 Å². The summed E-state index contributed by atoms with van der Waals surface area (Å²) in [6, 6.07) is 10.1. The topological polar surface area (TPSA) is 54.1 Å². The van der Waals surface area contributed by atoms with Crippen LogP contribution in [-0.2, 0) is 11.3 Å². The zero-order valence-corrected chi connectivity index (χ0v) is 12.8. The van der Waals surface area contributed by atoms with Crippen LogP contribution in [0.1, 0.15) is 16.7 Å². The van der Waals surface area contributed by atoms with Crippen LogP contribution in [0.25, 0.3) is 11.3 Å². The molecule has 4 nitrogen and oxygen atoms in total. The van der Waals surface area contributed by atoms with Crippen molar-refractivity contribution >= 4 is 0 Å². The molecule has 112 valence electrons. The zero-order valence-electron chi connectivity index (χ0n) is 12.8. The maximum Gasteiger partial charge on any atom is 0.252 e. The average Bonchev–Trinajstić information content (AvgIpc) is 2.45. The molecule has 2 N–H and O–H groups in total. The average molecular weight is 286 g/mol. The first-order valence-electron chi connectivity index (χ1n) is 7.11. The summed E-state index contributed by atoms with van der Waals surface area (Å²) in [6.45, 7) is 6.04. The second-order valence-electron chi connectivity index (χ2n) is 5.21. The Labute approximate surface area is 125 Å². The van der Waals surface area contributed by atoms with E-state index >= 15 is 0 Å². The highest BCUT2D eigenvalue weighted by Crippen LogP contribution is 2.21. The fourth-order valence-corrected chi connectivity index (χ4v) is 2.31. The van der Waals surface area contributed by atoms with Crippen molar-refractivity contribution in [3.63, 3.8) is 0 Å². The first-order valence-corrected chi connectivity index (χ1v) is 7.11. The van der Waals surface area contributed by atoms with Crippen molar-refractivity contribution in [3.8, 4) is 11.3 Å². The third kappa shape index (κ3) is 4.03. The number of H-pyrrole nitrogens is 1. The summed E-state index contributed by atoms with van der Waals surface area (Å²) in [4.78, 5) is 15.1. The molecular weight excluding hydrogens is 264 g/mol. The summed E-state index contributed by atoms with van der Waals surface area (Å²) in [5, 5.41) is 3.18. The molecule has 0 radical (unpaired) electrons. The summed E-state index contributed by atoms with van der Waals surface area (Å²) >= 11 is 0. The quantitative estimate of drug-likeness (QED) is 0.802. The number of hydrogen-bond acceptors (Lipinski definition) is 3. The molecule has 0 unspecified atom stereocenters. The van der Waals surface area contributed by atoms with E-state index in [1.165, 1.54) is 5.56 Å². The van der Waals surface area contributed by atoms with E-state index in [0.717, 1.165) is 28.9 Å². The fourth-order valence-electron chi connectivity index (χ4n) is 2.31. The van der Waals surface area contributed by atoms with Crippen LogP contribution in [0.2, 0.25) is 0 Å². The van der Waals surface area contributed by atoms with Gasteiger partial charge in [-0.05, 0) is 25.5 Å². The lowest BCUT2D eigenvalue weighted by Gasteiger charge is -2.09. The summed E-state index contributed by atoms with van der Waals surface area (Å²) in [6.07, 6.45) is 0. The highest BCUT2D eigenvalue weighted by atomic mass is 16.5. The van der Waals surface area contributed by atoms with Gasteiger partial charge in [-0.3, -0.25) is 4.79 Å². The number of pyridine rings is 1. The van der Waals surface area contributed by atoms with Gasteiger partial charge in [0.25, 0.3) is 5.56 Å². The monoisotopic (exact) mass is 286 g/mol. The van der Waals surface area contributed by atoms with Gasteiger partial charge < -0.3 is 15.0 Å².